The molecule has 3 N–H and O–H groups in total. The van der Waals surface area contributed by atoms with Gasteiger partial charge in [-0.1, -0.05) is 72.8 Å². The predicted molar refractivity (Wildman–Crippen MR) is 114 cm³/mol. The van der Waals surface area contributed by atoms with Crippen molar-refractivity contribution in [3.63, 3.8) is 0 Å². The summed E-state index contributed by atoms with van der Waals surface area (Å²) in [6.07, 6.45) is -4.83. The van der Waals surface area contributed by atoms with Crippen LogP contribution in [0.2, 0.25) is 0 Å². The van der Waals surface area contributed by atoms with E-state index in [9.17, 15) is 23.1 Å². The van der Waals surface area contributed by atoms with Crippen molar-refractivity contribution in [2.75, 3.05) is 5.75 Å². The molecule has 0 unspecified atom stereocenters. The summed E-state index contributed by atoms with van der Waals surface area (Å²) < 4.78 is 41.7. The molecule has 3 aromatic rings. The summed E-state index contributed by atoms with van der Waals surface area (Å²) in [5.41, 5.74) is 7.83. The second-order valence-electron chi connectivity index (χ2n) is 6.74. The molecule has 0 fully saturated rings. The van der Waals surface area contributed by atoms with Crippen LogP contribution in [0.3, 0.4) is 0 Å². The molecule has 0 spiro atoms. The van der Waals surface area contributed by atoms with Crippen LogP contribution >= 0.6 is 11.8 Å². The maximum atomic E-state index is 12.8. The van der Waals surface area contributed by atoms with E-state index >= 15 is 0 Å². The van der Waals surface area contributed by atoms with Crippen LogP contribution in [-0.2, 0) is 9.54 Å². The molecule has 0 heterocycles. The average molecular weight is 447 g/mol. The van der Waals surface area contributed by atoms with Crippen LogP contribution in [0.1, 0.15) is 16.7 Å². The molecule has 3 aromatic carbocycles. The van der Waals surface area contributed by atoms with Crippen molar-refractivity contribution in [1.29, 1.82) is 0 Å². The Balaban J connectivity index is 2.22. The SMILES string of the molecule is N[C@@H](CSC(c1ccccc1)(c1ccccc1)c1cccc(OC(F)(F)F)c1)C(=O)O. The molecular weight excluding hydrogens is 427 g/mol. The van der Waals surface area contributed by atoms with Crippen LogP contribution in [0.15, 0.2) is 84.9 Å². The summed E-state index contributed by atoms with van der Waals surface area (Å²) in [4.78, 5) is 11.4. The minimum Gasteiger partial charge on any atom is -0.480 e. The normalized spacial score (nSPS) is 12.9. The molecule has 1 atom stereocenters. The van der Waals surface area contributed by atoms with Crippen LogP contribution in [0.4, 0.5) is 13.2 Å². The third-order valence-electron chi connectivity index (χ3n) is 4.63. The van der Waals surface area contributed by atoms with Crippen LogP contribution in [0.5, 0.6) is 5.75 Å². The number of carboxylic acids is 1. The number of rotatable bonds is 8. The molecule has 0 bridgehead atoms. The van der Waals surface area contributed by atoms with Crippen LogP contribution in [-0.4, -0.2) is 29.2 Å². The molecule has 3 rings (SSSR count). The Kier molecular flexibility index (Phi) is 6.92. The molecule has 0 radical (unpaired) electrons. The fourth-order valence-electron chi connectivity index (χ4n) is 3.29. The minimum atomic E-state index is -4.83. The van der Waals surface area contributed by atoms with Gasteiger partial charge in [0, 0.05) is 5.75 Å². The van der Waals surface area contributed by atoms with Crippen molar-refractivity contribution >= 4 is 17.7 Å². The monoisotopic (exact) mass is 447 g/mol. The van der Waals surface area contributed by atoms with Crippen molar-refractivity contribution in [2.24, 2.45) is 5.73 Å². The highest BCUT2D eigenvalue weighted by Crippen LogP contribution is 2.49. The Hall–Kier alpha value is -2.97. The highest BCUT2D eigenvalue weighted by molar-refractivity contribution is 8.00. The van der Waals surface area contributed by atoms with E-state index in [1.54, 1.807) is 6.07 Å². The minimum absolute atomic E-state index is 0.0312. The number of ether oxygens (including phenoxy) is 1. The van der Waals surface area contributed by atoms with Gasteiger partial charge in [-0.25, -0.2) is 0 Å². The molecule has 0 amide bonds. The zero-order chi connectivity index (χ0) is 22.5. The van der Waals surface area contributed by atoms with Gasteiger partial charge in [-0.05, 0) is 28.8 Å². The Bertz CT molecular complexity index is 974. The third kappa shape index (κ3) is 5.39. The molecule has 31 heavy (non-hydrogen) atoms. The average Bonchev–Trinajstić information content (AvgIpc) is 2.74. The number of alkyl halides is 3. The number of thioether (sulfide) groups is 1. The number of hydrogen-bond donors (Lipinski definition) is 2. The van der Waals surface area contributed by atoms with Gasteiger partial charge in [-0.3, -0.25) is 4.79 Å². The largest absolute Gasteiger partial charge is 0.573 e. The molecule has 4 nitrogen and oxygen atoms in total. The smallest absolute Gasteiger partial charge is 0.480 e. The van der Waals surface area contributed by atoms with E-state index < -0.39 is 23.1 Å². The van der Waals surface area contributed by atoms with E-state index in [1.807, 2.05) is 60.7 Å². The second-order valence-corrected chi connectivity index (χ2v) is 7.98. The van der Waals surface area contributed by atoms with Crippen LogP contribution in [0, 0.1) is 0 Å². The first-order chi connectivity index (χ1) is 14.7. The second kappa shape index (κ2) is 9.45. The molecule has 8 heteroatoms. The lowest BCUT2D eigenvalue weighted by molar-refractivity contribution is -0.274. The van der Waals surface area contributed by atoms with Crippen molar-refractivity contribution < 1.29 is 27.8 Å². The maximum Gasteiger partial charge on any atom is 0.573 e. The van der Waals surface area contributed by atoms with Gasteiger partial charge in [-0.2, -0.15) is 0 Å². The summed E-state index contributed by atoms with van der Waals surface area (Å²) in [6, 6.07) is 22.9. The number of hydrogen-bond acceptors (Lipinski definition) is 4. The Morgan fingerprint density at radius 3 is 1.90 bits per heavy atom. The zero-order valence-corrected chi connectivity index (χ0v) is 17.1. The first-order valence-electron chi connectivity index (χ1n) is 9.32. The summed E-state index contributed by atoms with van der Waals surface area (Å²) in [7, 11) is 0. The number of carbonyl (C=O) groups is 1. The van der Waals surface area contributed by atoms with Gasteiger partial charge in [0.2, 0.25) is 0 Å². The first-order valence-corrected chi connectivity index (χ1v) is 10.3. The van der Waals surface area contributed by atoms with E-state index in [0.717, 1.165) is 11.1 Å². The lowest BCUT2D eigenvalue weighted by Gasteiger charge is -2.36. The fraction of sp³-hybridized carbons (Fsp3) is 0.174. The lowest BCUT2D eigenvalue weighted by atomic mass is 9.84. The van der Waals surface area contributed by atoms with Gasteiger partial charge in [0.15, 0.2) is 0 Å². The first kappa shape index (κ1) is 22.7. The van der Waals surface area contributed by atoms with Gasteiger partial charge in [0.1, 0.15) is 11.8 Å². The summed E-state index contributed by atoms with van der Waals surface area (Å²) in [5.74, 6) is -1.48. The fourth-order valence-corrected chi connectivity index (χ4v) is 4.77. The van der Waals surface area contributed by atoms with Crippen molar-refractivity contribution in [1.82, 2.24) is 0 Å². The zero-order valence-electron chi connectivity index (χ0n) is 16.3. The highest BCUT2D eigenvalue weighted by Gasteiger charge is 2.39. The quantitative estimate of drug-likeness (QED) is 0.475. The maximum absolute atomic E-state index is 12.8. The van der Waals surface area contributed by atoms with Crippen molar-refractivity contribution in [3.8, 4) is 5.75 Å². The topological polar surface area (TPSA) is 72.5 Å². The standard InChI is InChI=1S/C23H20F3NO3S/c24-23(25,26)30-19-13-7-12-18(14-19)22(16-8-3-1-4-9-16,17-10-5-2-6-11-17)31-15-20(27)21(28)29/h1-14,20H,15,27H2,(H,28,29)/t20-/m0/s1. The van der Waals surface area contributed by atoms with Crippen LogP contribution in [0.25, 0.3) is 0 Å². The summed E-state index contributed by atoms with van der Waals surface area (Å²) in [6.45, 7) is 0. The Morgan fingerprint density at radius 2 is 1.42 bits per heavy atom. The van der Waals surface area contributed by atoms with Crippen molar-refractivity contribution in [2.45, 2.75) is 17.2 Å². The van der Waals surface area contributed by atoms with E-state index in [4.69, 9.17) is 5.73 Å². The molecule has 162 valence electrons. The number of nitrogens with two attached hydrogens (primary N) is 1. The van der Waals surface area contributed by atoms with Gasteiger partial charge < -0.3 is 15.6 Å². The summed E-state index contributed by atoms with van der Waals surface area (Å²) in [5, 5.41) is 9.28. The number of halogens is 3. The molecule has 0 aliphatic heterocycles. The Morgan fingerprint density at radius 1 is 0.903 bits per heavy atom. The van der Waals surface area contributed by atoms with E-state index in [2.05, 4.69) is 4.74 Å². The lowest BCUT2D eigenvalue weighted by Crippen LogP contribution is -2.36. The number of carboxylic acid groups (broad SMARTS) is 1. The third-order valence-corrected chi connectivity index (χ3v) is 6.30. The van der Waals surface area contributed by atoms with Gasteiger partial charge in [0.05, 0.1) is 4.75 Å². The predicted octanol–water partition coefficient (Wildman–Crippen LogP) is 5.02. The highest BCUT2D eigenvalue weighted by atomic mass is 32.2. The van der Waals surface area contributed by atoms with Gasteiger partial charge in [-0.15, -0.1) is 24.9 Å². The molecule has 0 aliphatic carbocycles. The molecule has 0 saturated heterocycles. The molecule has 0 aliphatic rings. The van der Waals surface area contributed by atoms with E-state index in [-0.39, 0.29) is 11.5 Å². The number of aliphatic carboxylic acids is 1. The molecule has 0 saturated carbocycles. The van der Waals surface area contributed by atoms with Gasteiger partial charge in [0.25, 0.3) is 0 Å². The van der Waals surface area contributed by atoms with Gasteiger partial charge >= 0.3 is 12.3 Å². The Labute approximate surface area is 181 Å². The van der Waals surface area contributed by atoms with E-state index in [0.29, 0.717) is 5.56 Å². The number of benzene rings is 3. The molecular formula is C23H20F3NO3S. The van der Waals surface area contributed by atoms with E-state index in [1.165, 1.54) is 30.0 Å². The molecule has 0 aromatic heterocycles. The van der Waals surface area contributed by atoms with Crippen molar-refractivity contribution in [3.05, 3.63) is 102 Å². The summed E-state index contributed by atoms with van der Waals surface area (Å²) >= 11 is 1.25. The van der Waals surface area contributed by atoms with Crippen LogP contribution < -0.4 is 10.5 Å².